The molecular weight excluding hydrogens is 370 g/mol. The molecule has 0 spiro atoms. The second-order valence-electron chi connectivity index (χ2n) is 7.33. The Bertz CT molecular complexity index is 954. The third kappa shape index (κ3) is 3.62. The SMILES string of the molecule is O=C(/C=C/c1ccc2c(c1)OCCO2)N1CCC[C@H]1c1ccc2c(c1)OCCO2. The molecule has 1 fully saturated rings. The van der Waals surface area contributed by atoms with Crippen LogP contribution in [0.15, 0.2) is 42.5 Å². The van der Waals surface area contributed by atoms with Crippen molar-refractivity contribution in [1.29, 1.82) is 0 Å². The molecule has 6 nitrogen and oxygen atoms in total. The summed E-state index contributed by atoms with van der Waals surface area (Å²) in [4.78, 5) is 14.8. The van der Waals surface area contributed by atoms with E-state index in [9.17, 15) is 4.79 Å². The lowest BCUT2D eigenvalue weighted by atomic mass is 10.0. The predicted molar refractivity (Wildman–Crippen MR) is 108 cm³/mol. The van der Waals surface area contributed by atoms with Gasteiger partial charge in [-0.1, -0.05) is 12.1 Å². The second-order valence-corrected chi connectivity index (χ2v) is 7.33. The van der Waals surface area contributed by atoms with Crippen LogP contribution in [0.5, 0.6) is 23.0 Å². The van der Waals surface area contributed by atoms with Crippen molar-refractivity contribution < 1.29 is 23.7 Å². The van der Waals surface area contributed by atoms with Crippen molar-refractivity contribution in [3.63, 3.8) is 0 Å². The van der Waals surface area contributed by atoms with Crippen molar-refractivity contribution in [2.45, 2.75) is 18.9 Å². The minimum absolute atomic E-state index is 0.0114. The molecule has 29 heavy (non-hydrogen) atoms. The summed E-state index contributed by atoms with van der Waals surface area (Å²) >= 11 is 0. The molecule has 3 heterocycles. The summed E-state index contributed by atoms with van der Waals surface area (Å²) in [5, 5.41) is 0. The van der Waals surface area contributed by atoms with Crippen LogP contribution in [0.3, 0.4) is 0 Å². The highest BCUT2D eigenvalue weighted by molar-refractivity contribution is 5.92. The maximum atomic E-state index is 12.9. The summed E-state index contributed by atoms with van der Waals surface area (Å²) in [5.74, 6) is 3.02. The number of rotatable bonds is 3. The van der Waals surface area contributed by atoms with Gasteiger partial charge in [0.15, 0.2) is 23.0 Å². The van der Waals surface area contributed by atoms with Gasteiger partial charge in [-0.25, -0.2) is 0 Å². The van der Waals surface area contributed by atoms with E-state index < -0.39 is 0 Å². The van der Waals surface area contributed by atoms with Gasteiger partial charge in [0.2, 0.25) is 5.91 Å². The number of carbonyl (C=O) groups excluding carboxylic acids is 1. The Hall–Kier alpha value is -3.15. The van der Waals surface area contributed by atoms with E-state index in [-0.39, 0.29) is 11.9 Å². The van der Waals surface area contributed by atoms with Gasteiger partial charge in [0.1, 0.15) is 26.4 Å². The van der Waals surface area contributed by atoms with Gasteiger partial charge < -0.3 is 23.8 Å². The summed E-state index contributed by atoms with van der Waals surface area (Å²) in [7, 11) is 0. The molecule has 0 radical (unpaired) electrons. The molecule has 1 atom stereocenters. The van der Waals surface area contributed by atoms with Crippen molar-refractivity contribution in [3.8, 4) is 23.0 Å². The van der Waals surface area contributed by atoms with Gasteiger partial charge in [-0.15, -0.1) is 0 Å². The molecule has 0 aromatic heterocycles. The lowest BCUT2D eigenvalue weighted by molar-refractivity contribution is -0.126. The normalized spacial score (nSPS) is 20.1. The summed E-state index contributed by atoms with van der Waals surface area (Å²) in [5.41, 5.74) is 2.01. The number of hydrogen-bond donors (Lipinski definition) is 0. The largest absolute Gasteiger partial charge is 0.486 e. The van der Waals surface area contributed by atoms with Crippen LogP contribution in [0.4, 0.5) is 0 Å². The zero-order valence-corrected chi connectivity index (χ0v) is 16.1. The van der Waals surface area contributed by atoms with E-state index in [1.165, 1.54) is 0 Å². The highest BCUT2D eigenvalue weighted by atomic mass is 16.6. The molecule has 2 aromatic rings. The van der Waals surface area contributed by atoms with Gasteiger partial charge in [0.25, 0.3) is 0 Å². The van der Waals surface area contributed by atoms with Crippen molar-refractivity contribution in [1.82, 2.24) is 4.90 Å². The van der Waals surface area contributed by atoms with Crippen LogP contribution in [0, 0.1) is 0 Å². The number of carbonyl (C=O) groups is 1. The summed E-state index contributed by atoms with van der Waals surface area (Å²) in [6, 6.07) is 11.8. The molecule has 1 amide bonds. The van der Waals surface area contributed by atoms with Gasteiger partial charge in [0, 0.05) is 12.6 Å². The minimum Gasteiger partial charge on any atom is -0.486 e. The van der Waals surface area contributed by atoms with E-state index in [2.05, 4.69) is 0 Å². The lowest BCUT2D eigenvalue weighted by Gasteiger charge is -2.26. The molecule has 150 valence electrons. The van der Waals surface area contributed by atoms with E-state index >= 15 is 0 Å². The molecule has 0 saturated carbocycles. The van der Waals surface area contributed by atoms with Crippen LogP contribution in [0.1, 0.15) is 30.0 Å². The fraction of sp³-hybridized carbons (Fsp3) is 0.348. The monoisotopic (exact) mass is 393 g/mol. The Kier molecular flexibility index (Phi) is 4.76. The van der Waals surface area contributed by atoms with E-state index in [1.54, 1.807) is 6.08 Å². The van der Waals surface area contributed by atoms with Gasteiger partial charge in [-0.2, -0.15) is 0 Å². The van der Waals surface area contributed by atoms with Gasteiger partial charge in [-0.3, -0.25) is 4.79 Å². The first kappa shape index (κ1) is 17.9. The minimum atomic E-state index is 0.0114. The maximum absolute atomic E-state index is 12.9. The molecule has 3 aliphatic rings. The molecule has 0 unspecified atom stereocenters. The first-order chi connectivity index (χ1) is 14.3. The van der Waals surface area contributed by atoms with Crippen LogP contribution >= 0.6 is 0 Å². The van der Waals surface area contributed by atoms with Crippen LogP contribution in [-0.2, 0) is 4.79 Å². The third-order valence-electron chi connectivity index (χ3n) is 5.47. The molecule has 5 rings (SSSR count). The highest BCUT2D eigenvalue weighted by Gasteiger charge is 2.29. The smallest absolute Gasteiger partial charge is 0.247 e. The number of fused-ring (bicyclic) bond motifs is 2. The number of ether oxygens (including phenoxy) is 4. The molecule has 6 heteroatoms. The van der Waals surface area contributed by atoms with Crippen molar-refractivity contribution in [2.24, 2.45) is 0 Å². The fourth-order valence-corrected chi connectivity index (χ4v) is 4.07. The van der Waals surface area contributed by atoms with Crippen LogP contribution in [0.25, 0.3) is 6.08 Å². The topological polar surface area (TPSA) is 57.2 Å². The predicted octanol–water partition coefficient (Wildman–Crippen LogP) is 3.61. The van der Waals surface area contributed by atoms with Crippen molar-refractivity contribution >= 4 is 12.0 Å². The first-order valence-corrected chi connectivity index (χ1v) is 10.1. The number of likely N-dealkylation sites (tertiary alicyclic amines) is 1. The average molecular weight is 393 g/mol. The molecule has 0 N–H and O–H groups in total. The van der Waals surface area contributed by atoms with Crippen LogP contribution in [0.2, 0.25) is 0 Å². The van der Waals surface area contributed by atoms with Crippen molar-refractivity contribution in [3.05, 3.63) is 53.6 Å². The number of hydrogen-bond acceptors (Lipinski definition) is 5. The van der Waals surface area contributed by atoms with Gasteiger partial charge >= 0.3 is 0 Å². The fourth-order valence-electron chi connectivity index (χ4n) is 4.07. The van der Waals surface area contributed by atoms with Crippen LogP contribution in [-0.4, -0.2) is 43.8 Å². The number of amides is 1. The van der Waals surface area contributed by atoms with Gasteiger partial charge in [-0.05, 0) is 54.3 Å². The van der Waals surface area contributed by atoms with E-state index in [4.69, 9.17) is 18.9 Å². The maximum Gasteiger partial charge on any atom is 0.247 e. The average Bonchev–Trinajstić information content (AvgIpc) is 3.27. The Labute approximate surface area is 169 Å². The molecule has 1 saturated heterocycles. The Morgan fingerprint density at radius 2 is 1.52 bits per heavy atom. The lowest BCUT2D eigenvalue weighted by Crippen LogP contribution is -2.29. The van der Waals surface area contributed by atoms with E-state index in [1.807, 2.05) is 47.4 Å². The zero-order chi connectivity index (χ0) is 19.6. The second kappa shape index (κ2) is 7.70. The molecule has 0 bridgehead atoms. The Morgan fingerprint density at radius 3 is 2.28 bits per heavy atom. The third-order valence-corrected chi connectivity index (χ3v) is 5.47. The summed E-state index contributed by atoms with van der Waals surface area (Å²) in [6.45, 7) is 3.00. The number of nitrogens with zero attached hydrogens (tertiary/aromatic N) is 1. The Morgan fingerprint density at radius 1 is 0.862 bits per heavy atom. The summed E-state index contributed by atoms with van der Waals surface area (Å²) in [6.07, 6.45) is 5.41. The summed E-state index contributed by atoms with van der Waals surface area (Å²) < 4.78 is 22.5. The number of benzene rings is 2. The Balaban J connectivity index is 1.32. The molecular formula is C23H23NO5. The first-order valence-electron chi connectivity index (χ1n) is 10.1. The quantitative estimate of drug-likeness (QED) is 0.746. The van der Waals surface area contributed by atoms with Gasteiger partial charge in [0.05, 0.1) is 6.04 Å². The van der Waals surface area contributed by atoms with Crippen LogP contribution < -0.4 is 18.9 Å². The zero-order valence-electron chi connectivity index (χ0n) is 16.1. The van der Waals surface area contributed by atoms with E-state index in [0.29, 0.717) is 26.4 Å². The van der Waals surface area contributed by atoms with E-state index in [0.717, 1.165) is 53.5 Å². The van der Waals surface area contributed by atoms with Crippen molar-refractivity contribution in [2.75, 3.05) is 33.0 Å². The molecule has 2 aromatic carbocycles. The standard InChI is InChI=1S/C23H23NO5/c25-23(8-4-16-3-6-19-21(14-16)28-12-10-26-19)24-9-1-2-18(24)17-5-7-20-22(15-17)29-13-11-27-20/h3-8,14-15,18H,1-2,9-13H2/b8-4+/t18-/m0/s1. The highest BCUT2D eigenvalue weighted by Crippen LogP contribution is 2.38. The molecule has 3 aliphatic heterocycles. The molecule has 0 aliphatic carbocycles.